The van der Waals surface area contributed by atoms with Crippen LogP contribution in [0.25, 0.3) is 0 Å². The number of nitrogens with zero attached hydrogens (tertiary/aromatic N) is 1. The minimum absolute atomic E-state index is 0.0668. The van der Waals surface area contributed by atoms with Crippen molar-refractivity contribution in [3.63, 3.8) is 0 Å². The fourth-order valence-corrected chi connectivity index (χ4v) is 2.68. The lowest BCUT2D eigenvalue weighted by Gasteiger charge is -2.43. The van der Waals surface area contributed by atoms with Gasteiger partial charge in [0, 0.05) is 24.6 Å². The van der Waals surface area contributed by atoms with Crippen LogP contribution in [0.1, 0.15) is 35.2 Å². The Bertz CT molecular complexity index is 478. The van der Waals surface area contributed by atoms with E-state index in [9.17, 15) is 9.18 Å². The van der Waals surface area contributed by atoms with Crippen molar-refractivity contribution in [1.82, 2.24) is 4.90 Å². The van der Waals surface area contributed by atoms with Crippen LogP contribution in [0.2, 0.25) is 0 Å². The van der Waals surface area contributed by atoms with E-state index >= 15 is 0 Å². The molecule has 0 saturated heterocycles. The van der Waals surface area contributed by atoms with Gasteiger partial charge in [-0.05, 0) is 50.1 Å². The number of carbonyl (C=O) groups is 1. The Kier molecular flexibility index (Phi) is 3.90. The molecule has 1 aromatic carbocycles. The third-order valence-corrected chi connectivity index (χ3v) is 4.17. The zero-order valence-corrected chi connectivity index (χ0v) is 11.6. The summed E-state index contributed by atoms with van der Waals surface area (Å²) in [5, 5.41) is 0. The number of amides is 1. The van der Waals surface area contributed by atoms with Gasteiger partial charge >= 0.3 is 0 Å². The predicted molar refractivity (Wildman–Crippen MR) is 73.4 cm³/mol. The van der Waals surface area contributed by atoms with Crippen LogP contribution in [0.4, 0.5) is 4.39 Å². The van der Waals surface area contributed by atoms with Gasteiger partial charge < -0.3 is 10.6 Å². The fourth-order valence-electron chi connectivity index (χ4n) is 2.68. The molecule has 2 rings (SSSR count). The summed E-state index contributed by atoms with van der Waals surface area (Å²) in [5.41, 5.74) is 6.94. The van der Waals surface area contributed by atoms with Gasteiger partial charge in [0.15, 0.2) is 0 Å². The first kappa shape index (κ1) is 14.0. The first-order valence-electron chi connectivity index (χ1n) is 6.69. The maximum atomic E-state index is 13.2. The number of rotatable bonds is 4. The van der Waals surface area contributed by atoms with E-state index in [0.717, 1.165) is 12.8 Å². The van der Waals surface area contributed by atoms with Gasteiger partial charge in [-0.1, -0.05) is 6.42 Å². The number of benzene rings is 1. The van der Waals surface area contributed by atoms with Crippen molar-refractivity contribution in [2.75, 3.05) is 20.1 Å². The van der Waals surface area contributed by atoms with Crippen LogP contribution >= 0.6 is 0 Å². The molecule has 1 aliphatic rings. The second-order valence-corrected chi connectivity index (χ2v) is 5.68. The molecule has 0 spiro atoms. The van der Waals surface area contributed by atoms with Crippen LogP contribution in [0.3, 0.4) is 0 Å². The number of halogens is 1. The van der Waals surface area contributed by atoms with Crippen LogP contribution < -0.4 is 5.73 Å². The van der Waals surface area contributed by atoms with E-state index in [0.29, 0.717) is 24.2 Å². The standard InChI is InChI=1S/C15H21FN2O/c1-11-8-12(4-5-13(11)16)14(19)18(2)10-15(9-17)6-3-7-15/h4-5,8H,3,6-7,9-10,17H2,1-2H3. The van der Waals surface area contributed by atoms with Crippen molar-refractivity contribution in [1.29, 1.82) is 0 Å². The average Bonchev–Trinajstić information content (AvgIpc) is 2.36. The summed E-state index contributed by atoms with van der Waals surface area (Å²) in [6.07, 6.45) is 3.36. The quantitative estimate of drug-likeness (QED) is 0.907. The largest absolute Gasteiger partial charge is 0.341 e. The van der Waals surface area contributed by atoms with Gasteiger partial charge in [0.25, 0.3) is 5.91 Å². The second-order valence-electron chi connectivity index (χ2n) is 5.68. The highest BCUT2D eigenvalue weighted by atomic mass is 19.1. The van der Waals surface area contributed by atoms with E-state index in [4.69, 9.17) is 5.73 Å². The van der Waals surface area contributed by atoms with Gasteiger partial charge in [0.1, 0.15) is 5.82 Å². The molecule has 0 bridgehead atoms. The van der Waals surface area contributed by atoms with Crippen molar-refractivity contribution in [3.8, 4) is 0 Å². The third-order valence-electron chi connectivity index (χ3n) is 4.17. The molecule has 1 aliphatic carbocycles. The summed E-state index contributed by atoms with van der Waals surface area (Å²) < 4.78 is 13.2. The van der Waals surface area contributed by atoms with Crippen molar-refractivity contribution in [3.05, 3.63) is 35.1 Å². The molecule has 1 amide bonds. The first-order chi connectivity index (χ1) is 8.97. The van der Waals surface area contributed by atoms with Gasteiger partial charge in [-0.25, -0.2) is 4.39 Å². The lowest BCUT2D eigenvalue weighted by Crippen LogP contribution is -2.47. The Labute approximate surface area is 113 Å². The third kappa shape index (κ3) is 2.78. The predicted octanol–water partition coefficient (Wildman–Crippen LogP) is 2.34. The Morgan fingerprint density at radius 1 is 1.47 bits per heavy atom. The SMILES string of the molecule is Cc1cc(C(=O)N(C)CC2(CN)CCC2)ccc1F. The molecule has 0 atom stereocenters. The molecule has 0 aliphatic heterocycles. The lowest BCUT2D eigenvalue weighted by molar-refractivity contribution is 0.0568. The Morgan fingerprint density at radius 3 is 2.63 bits per heavy atom. The van der Waals surface area contributed by atoms with E-state index in [1.807, 2.05) is 0 Å². The topological polar surface area (TPSA) is 46.3 Å². The van der Waals surface area contributed by atoms with E-state index in [1.54, 1.807) is 24.9 Å². The number of aryl methyl sites for hydroxylation is 1. The maximum Gasteiger partial charge on any atom is 0.253 e. The first-order valence-corrected chi connectivity index (χ1v) is 6.69. The zero-order chi connectivity index (χ0) is 14.0. The number of hydrogen-bond acceptors (Lipinski definition) is 2. The van der Waals surface area contributed by atoms with Crippen molar-refractivity contribution >= 4 is 5.91 Å². The lowest BCUT2D eigenvalue weighted by atomic mass is 9.68. The Morgan fingerprint density at radius 2 is 2.16 bits per heavy atom. The van der Waals surface area contributed by atoms with Crippen LogP contribution in [-0.4, -0.2) is 30.9 Å². The highest BCUT2D eigenvalue weighted by molar-refractivity contribution is 5.94. The summed E-state index contributed by atoms with van der Waals surface area (Å²) >= 11 is 0. The minimum Gasteiger partial charge on any atom is -0.341 e. The van der Waals surface area contributed by atoms with Crippen LogP contribution in [0, 0.1) is 18.2 Å². The average molecular weight is 264 g/mol. The Balaban J connectivity index is 2.08. The molecule has 1 fully saturated rings. The van der Waals surface area contributed by atoms with Crippen LogP contribution in [0.15, 0.2) is 18.2 Å². The molecule has 19 heavy (non-hydrogen) atoms. The summed E-state index contributed by atoms with van der Waals surface area (Å²) in [6, 6.07) is 4.49. The zero-order valence-electron chi connectivity index (χ0n) is 11.6. The number of carbonyl (C=O) groups excluding carboxylic acids is 1. The molecular formula is C15H21FN2O. The minimum atomic E-state index is -0.281. The highest BCUT2D eigenvalue weighted by Crippen LogP contribution is 2.40. The van der Waals surface area contributed by atoms with Crippen molar-refractivity contribution < 1.29 is 9.18 Å². The van der Waals surface area contributed by atoms with E-state index < -0.39 is 0 Å². The molecule has 1 saturated carbocycles. The molecule has 0 radical (unpaired) electrons. The summed E-state index contributed by atoms with van der Waals surface area (Å²) in [6.45, 7) is 2.96. The summed E-state index contributed by atoms with van der Waals surface area (Å²) in [4.78, 5) is 14.0. The molecule has 3 nitrogen and oxygen atoms in total. The number of nitrogens with two attached hydrogens (primary N) is 1. The van der Waals surface area contributed by atoms with Gasteiger partial charge in [-0.3, -0.25) is 4.79 Å². The summed E-state index contributed by atoms with van der Waals surface area (Å²) in [5.74, 6) is -0.348. The monoisotopic (exact) mass is 264 g/mol. The van der Waals surface area contributed by atoms with E-state index in [2.05, 4.69) is 0 Å². The fraction of sp³-hybridized carbons (Fsp3) is 0.533. The van der Waals surface area contributed by atoms with E-state index in [-0.39, 0.29) is 17.1 Å². The molecule has 4 heteroatoms. The molecule has 2 N–H and O–H groups in total. The van der Waals surface area contributed by atoms with Crippen molar-refractivity contribution in [2.24, 2.45) is 11.1 Å². The molecule has 104 valence electrons. The van der Waals surface area contributed by atoms with Crippen molar-refractivity contribution in [2.45, 2.75) is 26.2 Å². The van der Waals surface area contributed by atoms with Gasteiger partial charge in [-0.15, -0.1) is 0 Å². The van der Waals surface area contributed by atoms with Gasteiger partial charge in [-0.2, -0.15) is 0 Å². The van der Waals surface area contributed by atoms with E-state index in [1.165, 1.54) is 18.6 Å². The maximum absolute atomic E-state index is 13.2. The molecular weight excluding hydrogens is 243 g/mol. The molecule has 0 aromatic heterocycles. The Hall–Kier alpha value is -1.42. The van der Waals surface area contributed by atoms with Crippen LogP contribution in [0.5, 0.6) is 0 Å². The number of hydrogen-bond donors (Lipinski definition) is 1. The molecule has 1 aromatic rings. The smallest absolute Gasteiger partial charge is 0.253 e. The van der Waals surface area contributed by atoms with Crippen LogP contribution in [-0.2, 0) is 0 Å². The normalized spacial score (nSPS) is 16.8. The summed E-state index contributed by atoms with van der Waals surface area (Å²) in [7, 11) is 1.79. The van der Waals surface area contributed by atoms with Gasteiger partial charge in [0.2, 0.25) is 0 Å². The van der Waals surface area contributed by atoms with Gasteiger partial charge in [0.05, 0.1) is 0 Å². The highest BCUT2D eigenvalue weighted by Gasteiger charge is 2.37. The molecule has 0 heterocycles. The second kappa shape index (κ2) is 5.29. The molecule has 0 unspecified atom stereocenters.